The average molecular weight is 411 g/mol. The molecule has 31 heavy (non-hydrogen) atoms. The number of benzene rings is 2. The molecular formula is C26H26N4O. The van der Waals surface area contributed by atoms with Crippen LogP contribution in [-0.4, -0.2) is 20.7 Å². The van der Waals surface area contributed by atoms with Crippen molar-refractivity contribution in [2.45, 2.75) is 46.0 Å². The first-order chi connectivity index (χ1) is 15.0. The third-order valence-electron chi connectivity index (χ3n) is 6.00. The second-order valence-electron chi connectivity index (χ2n) is 8.37. The number of hydrogen-bond donors (Lipinski definition) is 1. The van der Waals surface area contributed by atoms with E-state index in [1.807, 2.05) is 54.1 Å². The van der Waals surface area contributed by atoms with Gasteiger partial charge in [-0.2, -0.15) is 5.10 Å². The highest BCUT2D eigenvalue weighted by Crippen LogP contribution is 2.41. The number of carbonyl (C=O) groups is 1. The third kappa shape index (κ3) is 3.61. The van der Waals surface area contributed by atoms with Crippen LogP contribution in [0.3, 0.4) is 0 Å². The number of anilines is 1. The van der Waals surface area contributed by atoms with Crippen LogP contribution in [0.2, 0.25) is 0 Å². The Kier molecular flexibility index (Phi) is 4.81. The molecule has 5 heteroatoms. The second kappa shape index (κ2) is 7.65. The van der Waals surface area contributed by atoms with Gasteiger partial charge < -0.3 is 5.32 Å². The number of aromatic nitrogens is 3. The Morgan fingerprint density at radius 2 is 1.84 bits per heavy atom. The average Bonchev–Trinajstić information content (AvgIpc) is 3.58. The molecule has 0 bridgehead atoms. The zero-order chi connectivity index (χ0) is 21.5. The van der Waals surface area contributed by atoms with Gasteiger partial charge in [0.15, 0.2) is 5.65 Å². The molecule has 5 nitrogen and oxygen atoms in total. The number of nitrogens with one attached hydrogen (secondary N) is 1. The zero-order valence-corrected chi connectivity index (χ0v) is 18.1. The fraction of sp³-hybridized carbons (Fsp3) is 0.269. The van der Waals surface area contributed by atoms with E-state index in [4.69, 9.17) is 10.1 Å². The van der Waals surface area contributed by atoms with E-state index in [0.29, 0.717) is 11.5 Å². The minimum absolute atomic E-state index is 0.109. The molecule has 0 unspecified atom stereocenters. The Hall–Kier alpha value is -3.47. The van der Waals surface area contributed by atoms with Gasteiger partial charge in [0.25, 0.3) is 5.91 Å². The molecule has 0 atom stereocenters. The number of rotatable bonds is 5. The minimum Gasteiger partial charge on any atom is -0.322 e. The largest absolute Gasteiger partial charge is 0.322 e. The predicted molar refractivity (Wildman–Crippen MR) is 124 cm³/mol. The van der Waals surface area contributed by atoms with E-state index in [2.05, 4.69) is 31.3 Å². The number of para-hydroxylation sites is 1. The fourth-order valence-electron chi connectivity index (χ4n) is 4.08. The lowest BCUT2D eigenvalue weighted by atomic mass is 10.1. The molecule has 1 saturated carbocycles. The van der Waals surface area contributed by atoms with Crippen LogP contribution < -0.4 is 5.32 Å². The molecule has 0 saturated heterocycles. The van der Waals surface area contributed by atoms with E-state index in [-0.39, 0.29) is 5.91 Å². The quantitative estimate of drug-likeness (QED) is 0.457. The zero-order valence-electron chi connectivity index (χ0n) is 18.1. The maximum absolute atomic E-state index is 13.5. The van der Waals surface area contributed by atoms with E-state index >= 15 is 0 Å². The molecule has 1 aliphatic rings. The molecule has 0 spiro atoms. The van der Waals surface area contributed by atoms with E-state index in [0.717, 1.165) is 58.6 Å². The van der Waals surface area contributed by atoms with Crippen molar-refractivity contribution in [3.63, 3.8) is 0 Å². The Morgan fingerprint density at radius 3 is 2.55 bits per heavy atom. The summed E-state index contributed by atoms with van der Waals surface area (Å²) >= 11 is 0. The molecule has 2 aromatic carbocycles. The Labute approximate surface area is 182 Å². The molecular weight excluding hydrogens is 384 g/mol. The lowest BCUT2D eigenvalue weighted by Gasteiger charge is -2.12. The number of aryl methyl sites for hydroxylation is 3. The predicted octanol–water partition coefficient (Wildman–Crippen LogP) is 5.73. The molecule has 4 aromatic rings. The van der Waals surface area contributed by atoms with E-state index < -0.39 is 0 Å². The molecule has 1 amide bonds. The molecule has 1 fully saturated rings. The SMILES string of the molecule is CCc1ccccc1NC(=O)c1cc(C2CC2)nc2c1c(C)nn2-c1ccc(C)cc1. The highest BCUT2D eigenvalue weighted by molar-refractivity contribution is 6.13. The van der Waals surface area contributed by atoms with Crippen molar-refractivity contribution in [3.05, 3.63) is 82.7 Å². The van der Waals surface area contributed by atoms with Gasteiger partial charge in [0.1, 0.15) is 0 Å². The fourth-order valence-corrected chi connectivity index (χ4v) is 4.08. The monoisotopic (exact) mass is 410 g/mol. The molecule has 0 radical (unpaired) electrons. The van der Waals surface area contributed by atoms with Crippen LogP contribution in [0, 0.1) is 13.8 Å². The highest BCUT2D eigenvalue weighted by Gasteiger charge is 2.29. The van der Waals surface area contributed by atoms with Gasteiger partial charge in [0.05, 0.1) is 22.3 Å². The lowest BCUT2D eigenvalue weighted by Crippen LogP contribution is -2.15. The Balaban J connectivity index is 1.65. The minimum atomic E-state index is -0.109. The van der Waals surface area contributed by atoms with Crippen molar-refractivity contribution in [1.82, 2.24) is 14.8 Å². The molecule has 2 aromatic heterocycles. The normalized spacial score (nSPS) is 13.5. The number of carbonyl (C=O) groups excluding carboxylic acids is 1. The molecule has 0 aliphatic heterocycles. The number of fused-ring (bicyclic) bond motifs is 1. The van der Waals surface area contributed by atoms with Crippen LogP contribution in [0.1, 0.15) is 58.6 Å². The van der Waals surface area contributed by atoms with E-state index in [9.17, 15) is 4.79 Å². The standard InChI is InChI=1S/C26H26N4O/c1-4-18-7-5-6-8-22(18)28-26(31)21-15-23(19-11-12-19)27-25-24(21)17(3)29-30(25)20-13-9-16(2)10-14-20/h5-10,13-15,19H,4,11-12H2,1-3H3,(H,28,31). The van der Waals surface area contributed by atoms with Gasteiger partial charge in [-0.1, -0.05) is 42.8 Å². The first-order valence-electron chi connectivity index (χ1n) is 10.9. The van der Waals surface area contributed by atoms with Crippen molar-refractivity contribution in [3.8, 4) is 5.69 Å². The van der Waals surface area contributed by atoms with Crippen molar-refractivity contribution in [1.29, 1.82) is 0 Å². The van der Waals surface area contributed by atoms with Crippen molar-refractivity contribution < 1.29 is 4.79 Å². The van der Waals surface area contributed by atoms with E-state index in [1.165, 1.54) is 5.56 Å². The van der Waals surface area contributed by atoms with Crippen LogP contribution in [0.15, 0.2) is 54.6 Å². The Morgan fingerprint density at radius 1 is 1.10 bits per heavy atom. The van der Waals surface area contributed by atoms with E-state index in [1.54, 1.807) is 0 Å². The maximum atomic E-state index is 13.5. The van der Waals surface area contributed by atoms with Gasteiger partial charge in [0, 0.05) is 17.3 Å². The van der Waals surface area contributed by atoms with Crippen LogP contribution in [0.4, 0.5) is 5.69 Å². The van der Waals surface area contributed by atoms with Gasteiger partial charge in [-0.3, -0.25) is 4.79 Å². The lowest BCUT2D eigenvalue weighted by molar-refractivity contribution is 0.102. The molecule has 1 N–H and O–H groups in total. The van der Waals surface area contributed by atoms with Crippen LogP contribution >= 0.6 is 0 Å². The van der Waals surface area contributed by atoms with Gasteiger partial charge in [-0.25, -0.2) is 9.67 Å². The Bertz CT molecular complexity index is 1280. The molecule has 5 rings (SSSR count). The van der Waals surface area contributed by atoms with Gasteiger partial charge in [0.2, 0.25) is 0 Å². The first-order valence-corrected chi connectivity index (χ1v) is 10.9. The summed E-state index contributed by atoms with van der Waals surface area (Å²) in [4.78, 5) is 18.4. The van der Waals surface area contributed by atoms with Crippen molar-refractivity contribution >= 4 is 22.6 Å². The summed E-state index contributed by atoms with van der Waals surface area (Å²) in [6.07, 6.45) is 3.10. The first kappa shape index (κ1) is 19.5. The summed E-state index contributed by atoms with van der Waals surface area (Å²) < 4.78 is 1.87. The number of pyridine rings is 1. The smallest absolute Gasteiger partial charge is 0.256 e. The summed E-state index contributed by atoms with van der Waals surface area (Å²) in [6.45, 7) is 6.11. The third-order valence-corrected chi connectivity index (χ3v) is 6.00. The highest BCUT2D eigenvalue weighted by atomic mass is 16.1. The van der Waals surface area contributed by atoms with Crippen LogP contribution in [0.5, 0.6) is 0 Å². The second-order valence-corrected chi connectivity index (χ2v) is 8.37. The summed E-state index contributed by atoms with van der Waals surface area (Å²) in [7, 11) is 0. The molecule has 156 valence electrons. The summed E-state index contributed by atoms with van der Waals surface area (Å²) in [5, 5.41) is 8.72. The van der Waals surface area contributed by atoms with Gasteiger partial charge in [-0.15, -0.1) is 0 Å². The van der Waals surface area contributed by atoms with Crippen molar-refractivity contribution in [2.24, 2.45) is 0 Å². The number of nitrogens with zero attached hydrogens (tertiary/aromatic N) is 3. The summed E-state index contributed by atoms with van der Waals surface area (Å²) in [5.74, 6) is 0.322. The number of hydrogen-bond acceptors (Lipinski definition) is 3. The van der Waals surface area contributed by atoms with Gasteiger partial charge in [-0.05, 0) is 62.9 Å². The van der Waals surface area contributed by atoms with Crippen LogP contribution in [0.25, 0.3) is 16.7 Å². The van der Waals surface area contributed by atoms with Crippen LogP contribution in [-0.2, 0) is 6.42 Å². The molecule has 1 aliphatic carbocycles. The summed E-state index contributed by atoms with van der Waals surface area (Å²) in [6, 6.07) is 18.2. The van der Waals surface area contributed by atoms with Crippen molar-refractivity contribution in [2.75, 3.05) is 5.32 Å². The topological polar surface area (TPSA) is 59.8 Å². The molecule has 2 heterocycles. The summed E-state index contributed by atoms with van der Waals surface area (Å²) in [5.41, 5.74) is 7.31. The number of amides is 1. The van der Waals surface area contributed by atoms with Gasteiger partial charge >= 0.3 is 0 Å². The maximum Gasteiger partial charge on any atom is 0.256 e.